The summed E-state index contributed by atoms with van der Waals surface area (Å²) >= 11 is 0. The normalized spacial score (nSPS) is 18.1. The van der Waals surface area contributed by atoms with Gasteiger partial charge in [0.2, 0.25) is 0 Å². The maximum Gasteiger partial charge on any atom is 0.195 e. The third-order valence-electron chi connectivity index (χ3n) is 5.40. The van der Waals surface area contributed by atoms with Gasteiger partial charge >= 0.3 is 0 Å². The first kappa shape index (κ1) is 23.0. The van der Waals surface area contributed by atoms with Crippen molar-refractivity contribution in [1.29, 1.82) is 0 Å². The molecule has 2 atom stereocenters. The van der Waals surface area contributed by atoms with Gasteiger partial charge in [-0.3, -0.25) is 0 Å². The molecule has 1 aliphatic rings. The molecule has 2 nitrogen and oxygen atoms in total. The molecule has 1 saturated heterocycles. The van der Waals surface area contributed by atoms with E-state index in [4.69, 9.17) is 9.47 Å². The number of rotatable bonds is 4. The lowest BCUT2D eigenvalue weighted by atomic mass is 10.0. The lowest BCUT2D eigenvalue weighted by molar-refractivity contribution is -0.136. The molecule has 1 fully saturated rings. The molecule has 0 radical (unpaired) electrons. The van der Waals surface area contributed by atoms with Crippen LogP contribution in [0.4, 0.5) is 22.0 Å². The fourth-order valence-electron chi connectivity index (χ4n) is 3.62. The number of hydrogen-bond donors (Lipinski definition) is 0. The van der Waals surface area contributed by atoms with Crippen LogP contribution in [0.15, 0.2) is 49.1 Å². The van der Waals surface area contributed by atoms with E-state index < -0.39 is 40.8 Å². The van der Waals surface area contributed by atoms with Gasteiger partial charge in [0.1, 0.15) is 17.7 Å². The molecule has 1 aliphatic heterocycles. The highest BCUT2D eigenvalue weighted by Crippen LogP contribution is 2.28. The van der Waals surface area contributed by atoms with E-state index in [2.05, 4.69) is 18.4 Å². The molecule has 0 unspecified atom stereocenters. The first-order valence-corrected chi connectivity index (χ1v) is 10.3. The maximum absolute atomic E-state index is 14.6. The molecule has 0 aliphatic carbocycles. The van der Waals surface area contributed by atoms with Crippen molar-refractivity contribution in [2.24, 2.45) is 0 Å². The predicted octanol–water partition coefficient (Wildman–Crippen LogP) is 6.36. The van der Waals surface area contributed by atoms with Crippen LogP contribution in [0.2, 0.25) is 0 Å². The minimum atomic E-state index is -1.56. The summed E-state index contributed by atoms with van der Waals surface area (Å²) in [5.74, 6) is -0.938. The highest BCUT2D eigenvalue weighted by Gasteiger charge is 2.25. The Bertz CT molecular complexity index is 1240. The number of fused-ring (bicyclic) bond motifs is 1. The minimum absolute atomic E-state index is 0.0790. The van der Waals surface area contributed by atoms with Gasteiger partial charge in [0.25, 0.3) is 0 Å². The Hall–Kier alpha value is -3.21. The molecule has 0 saturated carbocycles. The van der Waals surface area contributed by atoms with Gasteiger partial charge in [-0.1, -0.05) is 24.0 Å². The highest BCUT2D eigenvalue weighted by molar-refractivity contribution is 5.84. The van der Waals surface area contributed by atoms with Crippen LogP contribution in [-0.4, -0.2) is 19.3 Å². The second kappa shape index (κ2) is 9.74. The Kier molecular flexibility index (Phi) is 6.77. The zero-order valence-corrected chi connectivity index (χ0v) is 17.4. The van der Waals surface area contributed by atoms with Gasteiger partial charge in [-0.05, 0) is 54.1 Å². The van der Waals surface area contributed by atoms with Crippen molar-refractivity contribution in [3.05, 3.63) is 94.8 Å². The largest absolute Gasteiger partial charge is 0.373 e. The minimum Gasteiger partial charge on any atom is -0.373 e. The zero-order valence-electron chi connectivity index (χ0n) is 17.4. The molecule has 3 aromatic rings. The van der Waals surface area contributed by atoms with Gasteiger partial charge in [0.15, 0.2) is 17.5 Å². The van der Waals surface area contributed by atoms with E-state index in [1.165, 1.54) is 18.2 Å². The summed E-state index contributed by atoms with van der Waals surface area (Å²) in [6.07, 6.45) is 2.65. The quantitative estimate of drug-likeness (QED) is 0.196. The van der Waals surface area contributed by atoms with Crippen LogP contribution < -0.4 is 0 Å². The third-order valence-corrected chi connectivity index (χ3v) is 5.40. The monoisotopic (exact) mass is 458 g/mol. The Morgan fingerprint density at radius 1 is 0.879 bits per heavy atom. The summed E-state index contributed by atoms with van der Waals surface area (Å²) in [5, 5.41) is -0.0436. The topological polar surface area (TPSA) is 18.5 Å². The van der Waals surface area contributed by atoms with Gasteiger partial charge in [0.05, 0.1) is 24.9 Å². The lowest BCUT2D eigenvalue weighted by Gasteiger charge is -2.29. The number of benzene rings is 3. The van der Waals surface area contributed by atoms with Crippen molar-refractivity contribution in [2.45, 2.75) is 25.0 Å². The van der Waals surface area contributed by atoms with E-state index in [1.54, 1.807) is 6.08 Å². The number of halogens is 5. The fourth-order valence-corrected chi connectivity index (χ4v) is 3.62. The molecular formula is C26H19F5O2. The molecule has 7 heteroatoms. The van der Waals surface area contributed by atoms with Crippen LogP contribution in [-0.2, 0) is 9.47 Å². The SMILES string of the molecule is C=CCC[C@@H]1CO[C@@H](c2cc(F)c(C#Cc3ccc4c(F)c(F)c(F)cc4c3)c(F)c2)CO1. The third kappa shape index (κ3) is 4.92. The van der Waals surface area contributed by atoms with Gasteiger partial charge in [-0.25, -0.2) is 22.0 Å². The second-order valence-electron chi connectivity index (χ2n) is 7.68. The smallest absolute Gasteiger partial charge is 0.195 e. The molecule has 0 N–H and O–H groups in total. The summed E-state index contributed by atoms with van der Waals surface area (Å²) < 4.78 is 81.4. The van der Waals surface area contributed by atoms with E-state index in [-0.39, 0.29) is 29.0 Å². The van der Waals surface area contributed by atoms with Crippen molar-refractivity contribution >= 4 is 10.8 Å². The van der Waals surface area contributed by atoms with E-state index in [0.717, 1.165) is 31.0 Å². The van der Waals surface area contributed by atoms with Crippen molar-refractivity contribution < 1.29 is 31.4 Å². The first-order valence-electron chi connectivity index (χ1n) is 10.3. The summed E-state index contributed by atoms with van der Waals surface area (Å²) in [4.78, 5) is 0. The Balaban J connectivity index is 1.55. The van der Waals surface area contributed by atoms with E-state index in [9.17, 15) is 22.0 Å². The molecule has 3 aromatic carbocycles. The number of hydrogen-bond acceptors (Lipinski definition) is 2. The standard InChI is InChI=1S/C26H19F5O2/c1-2-3-4-18-13-33-24(14-32-18)17-11-21(27)20(22(28)12-17)8-6-15-5-7-19-16(9-15)10-23(29)26(31)25(19)30/h2,5,7,9-12,18,24H,1,3-4,13-14H2/t18-,24-/m1/s1. The maximum atomic E-state index is 14.6. The Labute approximate surface area is 187 Å². The van der Waals surface area contributed by atoms with Crippen molar-refractivity contribution in [3.8, 4) is 11.8 Å². The van der Waals surface area contributed by atoms with Crippen LogP contribution in [0.25, 0.3) is 10.8 Å². The van der Waals surface area contributed by atoms with Crippen molar-refractivity contribution in [1.82, 2.24) is 0 Å². The summed E-state index contributed by atoms with van der Waals surface area (Å²) in [6, 6.07) is 7.04. The summed E-state index contributed by atoms with van der Waals surface area (Å²) in [5.41, 5.74) is 0.109. The average Bonchev–Trinajstić information content (AvgIpc) is 2.81. The van der Waals surface area contributed by atoms with Crippen LogP contribution in [0.1, 0.15) is 35.6 Å². The molecule has 1 heterocycles. The first-order chi connectivity index (χ1) is 15.9. The molecule has 33 heavy (non-hydrogen) atoms. The molecule has 4 rings (SSSR count). The number of allylic oxidation sites excluding steroid dienone is 1. The highest BCUT2D eigenvalue weighted by atomic mass is 19.2. The zero-order chi connectivity index (χ0) is 23.5. The van der Waals surface area contributed by atoms with Crippen molar-refractivity contribution in [2.75, 3.05) is 13.2 Å². The molecular weight excluding hydrogens is 439 g/mol. The second-order valence-corrected chi connectivity index (χ2v) is 7.68. The molecule has 0 spiro atoms. The lowest BCUT2D eigenvalue weighted by Crippen LogP contribution is -2.31. The summed E-state index contributed by atoms with van der Waals surface area (Å²) in [6.45, 7) is 4.15. The van der Waals surface area contributed by atoms with E-state index in [0.29, 0.717) is 12.2 Å². The molecule has 0 amide bonds. The molecule has 170 valence electrons. The van der Waals surface area contributed by atoms with Gasteiger partial charge in [-0.15, -0.1) is 6.58 Å². The summed E-state index contributed by atoms with van der Waals surface area (Å²) in [7, 11) is 0. The predicted molar refractivity (Wildman–Crippen MR) is 114 cm³/mol. The van der Waals surface area contributed by atoms with Crippen LogP contribution in [0.5, 0.6) is 0 Å². The fraction of sp³-hybridized carbons (Fsp3) is 0.231. The number of ether oxygens (including phenoxy) is 2. The Morgan fingerprint density at radius 2 is 1.64 bits per heavy atom. The van der Waals surface area contributed by atoms with Gasteiger partial charge in [-0.2, -0.15) is 0 Å². The van der Waals surface area contributed by atoms with Crippen LogP contribution in [0.3, 0.4) is 0 Å². The van der Waals surface area contributed by atoms with Crippen LogP contribution >= 0.6 is 0 Å². The van der Waals surface area contributed by atoms with Gasteiger partial charge < -0.3 is 9.47 Å². The van der Waals surface area contributed by atoms with E-state index >= 15 is 0 Å². The van der Waals surface area contributed by atoms with Gasteiger partial charge in [0, 0.05) is 10.9 Å². The molecule has 0 aromatic heterocycles. The van der Waals surface area contributed by atoms with Crippen LogP contribution in [0, 0.1) is 40.9 Å². The average molecular weight is 458 g/mol. The Morgan fingerprint density at radius 3 is 2.30 bits per heavy atom. The van der Waals surface area contributed by atoms with E-state index in [1.807, 2.05) is 0 Å². The van der Waals surface area contributed by atoms with Crippen molar-refractivity contribution in [3.63, 3.8) is 0 Å². The molecule has 0 bridgehead atoms.